The van der Waals surface area contributed by atoms with Gasteiger partial charge in [-0.05, 0) is 13.8 Å². The van der Waals surface area contributed by atoms with Crippen LogP contribution in [-0.2, 0) is 4.79 Å². The van der Waals surface area contributed by atoms with Crippen LogP contribution in [0.5, 0.6) is 0 Å². The van der Waals surface area contributed by atoms with Crippen LogP contribution in [0.25, 0.3) is 0 Å². The molecule has 16 heavy (non-hydrogen) atoms. The number of rotatable bonds is 5. The molecule has 0 aromatic carbocycles. The highest BCUT2D eigenvalue weighted by molar-refractivity contribution is 6.29. The fraction of sp³-hybridized carbons (Fsp3) is 0.500. The van der Waals surface area contributed by atoms with Crippen LogP contribution < -0.4 is 10.2 Å². The van der Waals surface area contributed by atoms with E-state index in [1.165, 1.54) is 6.20 Å². The van der Waals surface area contributed by atoms with Crippen LogP contribution in [0.15, 0.2) is 12.4 Å². The van der Waals surface area contributed by atoms with Crippen molar-refractivity contribution < 1.29 is 4.79 Å². The molecule has 0 fully saturated rings. The third-order valence-electron chi connectivity index (χ3n) is 2.01. The van der Waals surface area contributed by atoms with Crippen molar-refractivity contribution in [2.24, 2.45) is 0 Å². The molecule has 5 nitrogen and oxygen atoms in total. The molecule has 0 saturated carbocycles. The molecule has 0 unspecified atom stereocenters. The third kappa shape index (κ3) is 3.66. The zero-order valence-electron chi connectivity index (χ0n) is 9.40. The number of carbonyl (C=O) groups excluding carboxylic acids is 1. The highest BCUT2D eigenvalue weighted by atomic mass is 35.5. The van der Waals surface area contributed by atoms with E-state index in [2.05, 4.69) is 15.3 Å². The molecule has 0 radical (unpaired) electrons. The number of halogens is 1. The van der Waals surface area contributed by atoms with Gasteiger partial charge in [0.1, 0.15) is 11.0 Å². The fourth-order valence-electron chi connectivity index (χ4n) is 1.27. The van der Waals surface area contributed by atoms with Crippen molar-refractivity contribution in [1.29, 1.82) is 0 Å². The van der Waals surface area contributed by atoms with Crippen LogP contribution in [0, 0.1) is 0 Å². The van der Waals surface area contributed by atoms with Crippen LogP contribution in [0.1, 0.15) is 13.8 Å². The zero-order chi connectivity index (χ0) is 12.0. The van der Waals surface area contributed by atoms with E-state index in [-0.39, 0.29) is 12.5 Å². The smallest absolute Gasteiger partial charge is 0.239 e. The number of nitrogens with zero attached hydrogens (tertiary/aromatic N) is 3. The largest absolute Gasteiger partial charge is 0.355 e. The van der Waals surface area contributed by atoms with E-state index in [0.29, 0.717) is 24.1 Å². The molecule has 0 saturated heterocycles. The molecule has 0 bridgehead atoms. The van der Waals surface area contributed by atoms with E-state index in [0.717, 1.165) is 0 Å². The SMILES string of the molecule is CCNC(=O)CN(CC)c1cncc(Cl)n1. The van der Waals surface area contributed by atoms with Crippen molar-refractivity contribution in [3.63, 3.8) is 0 Å². The minimum Gasteiger partial charge on any atom is -0.355 e. The molecule has 1 heterocycles. The van der Waals surface area contributed by atoms with E-state index in [1.54, 1.807) is 6.20 Å². The summed E-state index contributed by atoms with van der Waals surface area (Å²) in [5.41, 5.74) is 0. The van der Waals surface area contributed by atoms with E-state index in [9.17, 15) is 4.79 Å². The normalized spacial score (nSPS) is 9.94. The summed E-state index contributed by atoms with van der Waals surface area (Å²) in [6.45, 7) is 5.39. The second kappa shape index (κ2) is 6.27. The number of amides is 1. The number of hydrogen-bond acceptors (Lipinski definition) is 4. The Morgan fingerprint density at radius 1 is 1.50 bits per heavy atom. The van der Waals surface area contributed by atoms with E-state index >= 15 is 0 Å². The van der Waals surface area contributed by atoms with Crippen LogP contribution in [-0.4, -0.2) is 35.5 Å². The monoisotopic (exact) mass is 242 g/mol. The van der Waals surface area contributed by atoms with Gasteiger partial charge in [-0.15, -0.1) is 0 Å². The van der Waals surface area contributed by atoms with E-state index in [4.69, 9.17) is 11.6 Å². The number of aromatic nitrogens is 2. The Kier molecular flexibility index (Phi) is 4.98. The maximum Gasteiger partial charge on any atom is 0.239 e. The topological polar surface area (TPSA) is 58.1 Å². The molecule has 0 spiro atoms. The summed E-state index contributed by atoms with van der Waals surface area (Å²) in [6, 6.07) is 0. The van der Waals surface area contributed by atoms with Crippen LogP contribution >= 0.6 is 11.6 Å². The first-order valence-corrected chi connectivity index (χ1v) is 5.54. The second-order valence-corrected chi connectivity index (χ2v) is 3.55. The number of nitrogens with one attached hydrogen (secondary N) is 1. The Balaban J connectivity index is 2.70. The summed E-state index contributed by atoms with van der Waals surface area (Å²) in [7, 11) is 0. The average molecular weight is 243 g/mol. The summed E-state index contributed by atoms with van der Waals surface area (Å²) >= 11 is 5.74. The lowest BCUT2D eigenvalue weighted by molar-refractivity contribution is -0.119. The lowest BCUT2D eigenvalue weighted by Gasteiger charge is -2.20. The number of likely N-dealkylation sites (N-methyl/N-ethyl adjacent to an activating group) is 2. The van der Waals surface area contributed by atoms with Crippen molar-refractivity contribution in [2.75, 3.05) is 24.5 Å². The lowest BCUT2D eigenvalue weighted by atomic mass is 10.4. The summed E-state index contributed by atoms with van der Waals surface area (Å²) < 4.78 is 0. The number of carbonyl (C=O) groups is 1. The van der Waals surface area contributed by atoms with Crippen molar-refractivity contribution in [2.45, 2.75) is 13.8 Å². The van der Waals surface area contributed by atoms with Gasteiger partial charge in [-0.1, -0.05) is 11.6 Å². The van der Waals surface area contributed by atoms with Gasteiger partial charge in [0, 0.05) is 13.1 Å². The van der Waals surface area contributed by atoms with Crippen LogP contribution in [0.2, 0.25) is 5.15 Å². The maximum absolute atomic E-state index is 11.4. The Bertz CT molecular complexity index is 358. The predicted octanol–water partition coefficient (Wildman–Crippen LogP) is 1.09. The summed E-state index contributed by atoms with van der Waals surface area (Å²) in [5.74, 6) is 0.576. The van der Waals surface area contributed by atoms with Gasteiger partial charge in [-0.2, -0.15) is 0 Å². The lowest BCUT2D eigenvalue weighted by Crippen LogP contribution is -2.37. The van der Waals surface area contributed by atoms with Gasteiger partial charge in [0.05, 0.1) is 18.9 Å². The average Bonchev–Trinajstić information content (AvgIpc) is 2.26. The number of anilines is 1. The molecular formula is C10H15ClN4O. The van der Waals surface area contributed by atoms with Gasteiger partial charge in [0.15, 0.2) is 0 Å². The minimum absolute atomic E-state index is 0.0360. The van der Waals surface area contributed by atoms with Gasteiger partial charge in [0.25, 0.3) is 0 Å². The molecule has 6 heteroatoms. The predicted molar refractivity (Wildman–Crippen MR) is 63.6 cm³/mol. The van der Waals surface area contributed by atoms with Crippen molar-refractivity contribution in [3.05, 3.63) is 17.5 Å². The molecule has 0 aliphatic carbocycles. The quantitative estimate of drug-likeness (QED) is 0.840. The van der Waals surface area contributed by atoms with Gasteiger partial charge < -0.3 is 10.2 Å². The Morgan fingerprint density at radius 2 is 2.25 bits per heavy atom. The van der Waals surface area contributed by atoms with Crippen LogP contribution in [0.4, 0.5) is 5.82 Å². The Labute approximate surface area is 99.8 Å². The van der Waals surface area contributed by atoms with Crippen molar-refractivity contribution in [1.82, 2.24) is 15.3 Å². The second-order valence-electron chi connectivity index (χ2n) is 3.17. The zero-order valence-corrected chi connectivity index (χ0v) is 10.2. The summed E-state index contributed by atoms with van der Waals surface area (Å²) in [6.07, 6.45) is 3.06. The van der Waals surface area contributed by atoms with Gasteiger partial charge in [-0.25, -0.2) is 4.98 Å². The van der Waals surface area contributed by atoms with Crippen molar-refractivity contribution in [3.8, 4) is 0 Å². The first-order chi connectivity index (χ1) is 7.67. The highest BCUT2D eigenvalue weighted by Crippen LogP contribution is 2.11. The summed E-state index contributed by atoms with van der Waals surface area (Å²) in [4.78, 5) is 21.3. The molecule has 1 rings (SSSR count). The maximum atomic E-state index is 11.4. The molecule has 1 aromatic rings. The number of hydrogen-bond donors (Lipinski definition) is 1. The molecule has 1 N–H and O–H groups in total. The molecule has 0 aliphatic heterocycles. The highest BCUT2D eigenvalue weighted by Gasteiger charge is 2.10. The minimum atomic E-state index is -0.0360. The summed E-state index contributed by atoms with van der Waals surface area (Å²) in [5, 5.41) is 3.06. The van der Waals surface area contributed by atoms with E-state index < -0.39 is 0 Å². The first-order valence-electron chi connectivity index (χ1n) is 5.16. The molecule has 0 aliphatic rings. The third-order valence-corrected chi connectivity index (χ3v) is 2.19. The molecule has 0 atom stereocenters. The van der Waals surface area contributed by atoms with Crippen molar-refractivity contribution >= 4 is 23.3 Å². The Hall–Kier alpha value is -1.36. The van der Waals surface area contributed by atoms with E-state index in [1.807, 2.05) is 18.7 Å². The molecule has 88 valence electrons. The molecule has 1 amide bonds. The van der Waals surface area contributed by atoms with Gasteiger partial charge in [0.2, 0.25) is 5.91 Å². The Morgan fingerprint density at radius 3 is 2.81 bits per heavy atom. The van der Waals surface area contributed by atoms with Crippen LogP contribution in [0.3, 0.4) is 0 Å². The van der Waals surface area contributed by atoms with Gasteiger partial charge in [-0.3, -0.25) is 9.78 Å². The van der Waals surface area contributed by atoms with Gasteiger partial charge >= 0.3 is 0 Å². The molecule has 1 aromatic heterocycles. The standard InChI is InChI=1S/C10H15ClN4O/c1-3-13-10(16)7-15(4-2)9-6-12-5-8(11)14-9/h5-6H,3-4,7H2,1-2H3,(H,13,16). The fourth-order valence-corrected chi connectivity index (χ4v) is 1.41. The first kappa shape index (κ1) is 12.7. The molecular weight excluding hydrogens is 228 g/mol.